The number of aromatic amines is 1. The fourth-order valence-corrected chi connectivity index (χ4v) is 2.44. The minimum atomic E-state index is -0.436. The van der Waals surface area contributed by atoms with E-state index in [0.29, 0.717) is 17.3 Å². The van der Waals surface area contributed by atoms with E-state index in [4.69, 9.17) is 11.6 Å². The predicted octanol–water partition coefficient (Wildman–Crippen LogP) is 4.34. The molecule has 0 amide bonds. The molecule has 0 saturated carbocycles. The van der Waals surface area contributed by atoms with Crippen LogP contribution in [0.15, 0.2) is 48.7 Å². The van der Waals surface area contributed by atoms with Crippen LogP contribution in [0.1, 0.15) is 5.56 Å². The maximum atomic E-state index is 10.8. The van der Waals surface area contributed by atoms with Gasteiger partial charge in [0, 0.05) is 35.8 Å². The van der Waals surface area contributed by atoms with Gasteiger partial charge in [-0.05, 0) is 23.8 Å². The first-order chi connectivity index (χ1) is 10.1. The summed E-state index contributed by atoms with van der Waals surface area (Å²) in [6, 6.07) is 12.3. The van der Waals surface area contributed by atoms with Crippen LogP contribution in [-0.4, -0.2) is 9.91 Å². The van der Waals surface area contributed by atoms with Crippen molar-refractivity contribution in [2.75, 3.05) is 5.32 Å². The molecule has 2 N–H and O–H groups in total. The van der Waals surface area contributed by atoms with E-state index in [1.54, 1.807) is 0 Å². The maximum absolute atomic E-state index is 10.8. The van der Waals surface area contributed by atoms with Gasteiger partial charge in [-0.1, -0.05) is 23.7 Å². The zero-order valence-electron chi connectivity index (χ0n) is 11.0. The molecule has 106 valence electrons. The smallest absolute Gasteiger partial charge is 0.271 e. The van der Waals surface area contributed by atoms with Crippen molar-refractivity contribution in [1.82, 2.24) is 4.98 Å². The Kier molecular flexibility index (Phi) is 3.50. The zero-order chi connectivity index (χ0) is 14.8. The summed E-state index contributed by atoms with van der Waals surface area (Å²) in [5, 5.41) is 15.5. The van der Waals surface area contributed by atoms with Crippen molar-refractivity contribution in [3.63, 3.8) is 0 Å². The number of nitro benzene ring substituents is 1. The third-order valence-corrected chi connectivity index (χ3v) is 3.64. The van der Waals surface area contributed by atoms with Gasteiger partial charge in [0.05, 0.1) is 15.6 Å². The molecule has 0 atom stereocenters. The highest BCUT2D eigenvalue weighted by Crippen LogP contribution is 2.27. The van der Waals surface area contributed by atoms with Gasteiger partial charge in [0.15, 0.2) is 0 Å². The minimum absolute atomic E-state index is 0.0155. The Balaban J connectivity index is 1.86. The van der Waals surface area contributed by atoms with Crippen molar-refractivity contribution < 1.29 is 4.92 Å². The van der Waals surface area contributed by atoms with Crippen LogP contribution in [0.4, 0.5) is 11.4 Å². The monoisotopic (exact) mass is 301 g/mol. The van der Waals surface area contributed by atoms with Crippen molar-refractivity contribution in [3.05, 3.63) is 69.4 Å². The lowest BCUT2D eigenvalue weighted by Crippen LogP contribution is -2.01. The molecule has 2 aromatic carbocycles. The molecule has 0 fully saturated rings. The number of H-pyrrole nitrogens is 1. The second kappa shape index (κ2) is 5.46. The number of rotatable bonds is 4. The number of nitrogens with zero attached hydrogens (tertiary/aromatic N) is 1. The third kappa shape index (κ3) is 2.68. The molecule has 0 aliphatic rings. The number of halogens is 1. The number of hydrogen-bond acceptors (Lipinski definition) is 3. The lowest BCUT2D eigenvalue weighted by molar-refractivity contribution is -0.384. The SMILES string of the molecule is O=[N+]([O-])c1ccc(Cl)c(NCc2cccc3[nH]ccc23)c1. The normalized spacial score (nSPS) is 10.7. The number of nitrogens with one attached hydrogen (secondary N) is 2. The van der Waals surface area contributed by atoms with E-state index in [9.17, 15) is 10.1 Å². The number of nitro groups is 1. The first kappa shape index (κ1) is 13.5. The van der Waals surface area contributed by atoms with Crippen LogP contribution in [0.3, 0.4) is 0 Å². The number of fused-ring (bicyclic) bond motifs is 1. The van der Waals surface area contributed by atoms with Gasteiger partial charge in [0.1, 0.15) is 0 Å². The Morgan fingerprint density at radius 2 is 2.10 bits per heavy atom. The summed E-state index contributed by atoms with van der Waals surface area (Å²) < 4.78 is 0. The van der Waals surface area contributed by atoms with E-state index < -0.39 is 4.92 Å². The van der Waals surface area contributed by atoms with Crippen LogP contribution >= 0.6 is 11.6 Å². The lowest BCUT2D eigenvalue weighted by Gasteiger charge is -2.09. The summed E-state index contributed by atoms with van der Waals surface area (Å²) >= 11 is 6.07. The molecule has 0 aliphatic heterocycles. The molecule has 3 rings (SSSR count). The summed E-state index contributed by atoms with van der Waals surface area (Å²) in [6.45, 7) is 0.538. The lowest BCUT2D eigenvalue weighted by atomic mass is 10.1. The van der Waals surface area contributed by atoms with Crippen molar-refractivity contribution in [2.45, 2.75) is 6.54 Å². The van der Waals surface area contributed by atoms with Crippen LogP contribution < -0.4 is 5.32 Å². The quantitative estimate of drug-likeness (QED) is 0.556. The topological polar surface area (TPSA) is 71.0 Å². The molecule has 0 spiro atoms. The molecule has 1 heterocycles. The molecule has 1 aromatic heterocycles. The van der Waals surface area contributed by atoms with E-state index >= 15 is 0 Å². The number of non-ortho nitro benzene ring substituents is 1. The summed E-state index contributed by atoms with van der Waals surface area (Å²) in [6.07, 6.45) is 1.88. The van der Waals surface area contributed by atoms with Crippen LogP contribution in [0.5, 0.6) is 0 Å². The zero-order valence-corrected chi connectivity index (χ0v) is 11.7. The molecule has 0 radical (unpaired) electrons. The van der Waals surface area contributed by atoms with Gasteiger partial charge in [-0.2, -0.15) is 0 Å². The highest BCUT2D eigenvalue weighted by atomic mass is 35.5. The van der Waals surface area contributed by atoms with Crippen LogP contribution in [-0.2, 0) is 6.54 Å². The fraction of sp³-hybridized carbons (Fsp3) is 0.0667. The maximum Gasteiger partial charge on any atom is 0.271 e. The van der Waals surface area contributed by atoms with E-state index in [0.717, 1.165) is 16.5 Å². The molecular formula is C15H12ClN3O2. The van der Waals surface area contributed by atoms with E-state index in [-0.39, 0.29) is 5.69 Å². The summed E-state index contributed by atoms with van der Waals surface area (Å²) in [4.78, 5) is 13.5. The Morgan fingerprint density at radius 1 is 1.24 bits per heavy atom. The van der Waals surface area contributed by atoms with E-state index in [1.165, 1.54) is 18.2 Å². The average Bonchev–Trinajstić information content (AvgIpc) is 2.95. The third-order valence-electron chi connectivity index (χ3n) is 3.32. The number of benzene rings is 2. The summed E-state index contributed by atoms with van der Waals surface area (Å²) in [5.41, 5.74) is 2.72. The summed E-state index contributed by atoms with van der Waals surface area (Å²) in [5.74, 6) is 0. The highest BCUT2D eigenvalue weighted by Gasteiger charge is 2.10. The van der Waals surface area contributed by atoms with Crippen LogP contribution in [0.2, 0.25) is 5.02 Å². The molecular weight excluding hydrogens is 290 g/mol. The van der Waals surface area contributed by atoms with Gasteiger partial charge in [-0.3, -0.25) is 10.1 Å². The Bertz CT molecular complexity index is 814. The van der Waals surface area contributed by atoms with Crippen molar-refractivity contribution in [3.8, 4) is 0 Å². The standard InChI is InChI=1S/C15H12ClN3O2/c16-13-5-4-11(19(20)21)8-15(13)18-9-10-2-1-3-14-12(10)6-7-17-14/h1-8,17-18H,9H2. The van der Waals surface area contributed by atoms with Crippen molar-refractivity contribution in [2.24, 2.45) is 0 Å². The molecule has 0 bridgehead atoms. The van der Waals surface area contributed by atoms with Gasteiger partial charge < -0.3 is 10.3 Å². The van der Waals surface area contributed by atoms with Crippen molar-refractivity contribution >= 4 is 33.9 Å². The molecule has 0 aliphatic carbocycles. The molecule has 3 aromatic rings. The highest BCUT2D eigenvalue weighted by molar-refractivity contribution is 6.33. The Morgan fingerprint density at radius 3 is 2.90 bits per heavy atom. The van der Waals surface area contributed by atoms with Crippen molar-refractivity contribution in [1.29, 1.82) is 0 Å². The van der Waals surface area contributed by atoms with E-state index in [2.05, 4.69) is 10.3 Å². The van der Waals surface area contributed by atoms with Crippen LogP contribution in [0.25, 0.3) is 10.9 Å². The van der Waals surface area contributed by atoms with E-state index in [1.807, 2.05) is 30.5 Å². The number of hydrogen-bond donors (Lipinski definition) is 2. The molecule has 6 heteroatoms. The molecule has 0 unspecified atom stereocenters. The van der Waals surface area contributed by atoms with Gasteiger partial charge in [0.2, 0.25) is 0 Å². The van der Waals surface area contributed by atoms with Crippen LogP contribution in [0, 0.1) is 10.1 Å². The van der Waals surface area contributed by atoms with Gasteiger partial charge >= 0.3 is 0 Å². The average molecular weight is 302 g/mol. The predicted molar refractivity (Wildman–Crippen MR) is 83.7 cm³/mol. The molecule has 5 nitrogen and oxygen atoms in total. The van der Waals surface area contributed by atoms with Gasteiger partial charge in [-0.25, -0.2) is 0 Å². The molecule has 21 heavy (non-hydrogen) atoms. The first-order valence-electron chi connectivity index (χ1n) is 6.38. The fourth-order valence-electron chi connectivity index (χ4n) is 2.26. The summed E-state index contributed by atoms with van der Waals surface area (Å²) in [7, 11) is 0. The number of anilines is 1. The Hall–Kier alpha value is -2.53. The first-order valence-corrected chi connectivity index (χ1v) is 6.76. The molecule has 0 saturated heterocycles. The van der Waals surface area contributed by atoms with Gasteiger partial charge in [-0.15, -0.1) is 0 Å². The number of aromatic nitrogens is 1. The second-order valence-electron chi connectivity index (χ2n) is 4.63. The Labute approximate surface area is 125 Å². The second-order valence-corrected chi connectivity index (χ2v) is 5.04. The largest absolute Gasteiger partial charge is 0.380 e. The van der Waals surface area contributed by atoms with Gasteiger partial charge in [0.25, 0.3) is 5.69 Å². The minimum Gasteiger partial charge on any atom is -0.380 e.